The Hall–Kier alpha value is -3.90. The standard InChI is InChI=1S/C25H18N2O/c1-26-24-22(20-13-7-3-8-14-20)17-23(21-15-9-4-10-16-21)27(25(24)28)18-19-11-5-2-6-12-19/h2-17H,18H2. The summed E-state index contributed by atoms with van der Waals surface area (Å²) in [5, 5.41) is 0. The first-order valence-corrected chi connectivity index (χ1v) is 9.08. The van der Waals surface area contributed by atoms with Crippen molar-refractivity contribution in [2.24, 2.45) is 0 Å². The molecule has 0 aliphatic heterocycles. The molecule has 0 saturated carbocycles. The molecule has 0 amide bonds. The second-order valence-corrected chi connectivity index (χ2v) is 6.51. The zero-order valence-electron chi connectivity index (χ0n) is 15.2. The van der Waals surface area contributed by atoms with E-state index in [1.807, 2.05) is 97.1 Å². The van der Waals surface area contributed by atoms with Gasteiger partial charge in [0.15, 0.2) is 0 Å². The van der Waals surface area contributed by atoms with Crippen LogP contribution in [0.5, 0.6) is 0 Å². The quantitative estimate of drug-likeness (QED) is 0.423. The van der Waals surface area contributed by atoms with Crippen molar-refractivity contribution in [3.8, 4) is 22.4 Å². The summed E-state index contributed by atoms with van der Waals surface area (Å²) in [6.07, 6.45) is 0. The minimum Gasteiger partial charge on any atom is -0.313 e. The summed E-state index contributed by atoms with van der Waals surface area (Å²) >= 11 is 0. The second-order valence-electron chi connectivity index (χ2n) is 6.51. The lowest BCUT2D eigenvalue weighted by Crippen LogP contribution is -2.22. The number of hydrogen-bond donors (Lipinski definition) is 0. The van der Waals surface area contributed by atoms with Gasteiger partial charge in [0.25, 0.3) is 11.2 Å². The molecule has 3 aromatic carbocycles. The van der Waals surface area contributed by atoms with Crippen molar-refractivity contribution in [2.45, 2.75) is 6.54 Å². The van der Waals surface area contributed by atoms with Crippen LogP contribution in [-0.4, -0.2) is 4.57 Å². The summed E-state index contributed by atoms with van der Waals surface area (Å²) < 4.78 is 1.70. The van der Waals surface area contributed by atoms with Crippen molar-refractivity contribution in [3.05, 3.63) is 124 Å². The van der Waals surface area contributed by atoms with Gasteiger partial charge < -0.3 is 4.57 Å². The Morgan fingerprint density at radius 3 is 1.86 bits per heavy atom. The minimum absolute atomic E-state index is 0.154. The maximum absolute atomic E-state index is 13.3. The van der Waals surface area contributed by atoms with E-state index in [-0.39, 0.29) is 11.2 Å². The van der Waals surface area contributed by atoms with Gasteiger partial charge in [0.2, 0.25) is 0 Å². The van der Waals surface area contributed by atoms with Crippen molar-refractivity contribution in [3.63, 3.8) is 0 Å². The van der Waals surface area contributed by atoms with E-state index < -0.39 is 0 Å². The molecule has 134 valence electrons. The summed E-state index contributed by atoms with van der Waals surface area (Å²) in [6.45, 7) is 8.06. The number of aromatic nitrogens is 1. The smallest absolute Gasteiger partial charge is 0.258 e. The molecule has 0 aliphatic carbocycles. The van der Waals surface area contributed by atoms with Crippen LogP contribution in [0.3, 0.4) is 0 Å². The van der Waals surface area contributed by atoms with E-state index in [0.29, 0.717) is 12.1 Å². The Kier molecular flexibility index (Phi) is 4.86. The molecule has 4 rings (SSSR count). The van der Waals surface area contributed by atoms with E-state index >= 15 is 0 Å². The predicted molar refractivity (Wildman–Crippen MR) is 113 cm³/mol. The molecule has 1 heterocycles. The van der Waals surface area contributed by atoms with Gasteiger partial charge in [0.1, 0.15) is 0 Å². The summed E-state index contributed by atoms with van der Waals surface area (Å²) in [5.74, 6) is 0. The number of benzene rings is 3. The van der Waals surface area contributed by atoms with E-state index in [2.05, 4.69) is 4.85 Å². The molecule has 0 atom stereocenters. The topological polar surface area (TPSA) is 26.4 Å². The highest BCUT2D eigenvalue weighted by Crippen LogP contribution is 2.32. The highest BCUT2D eigenvalue weighted by atomic mass is 16.1. The van der Waals surface area contributed by atoms with Crippen molar-refractivity contribution >= 4 is 5.69 Å². The molecule has 4 aromatic rings. The fourth-order valence-electron chi connectivity index (χ4n) is 3.35. The third-order valence-corrected chi connectivity index (χ3v) is 4.72. The first-order chi connectivity index (χ1) is 13.8. The summed E-state index contributed by atoms with van der Waals surface area (Å²) in [4.78, 5) is 16.9. The fourth-order valence-corrected chi connectivity index (χ4v) is 3.35. The van der Waals surface area contributed by atoms with Gasteiger partial charge in [-0.15, -0.1) is 0 Å². The van der Waals surface area contributed by atoms with Crippen molar-refractivity contribution in [2.75, 3.05) is 0 Å². The maximum Gasteiger partial charge on any atom is 0.258 e. The molecular weight excluding hydrogens is 344 g/mol. The van der Waals surface area contributed by atoms with Crippen LogP contribution in [0.15, 0.2) is 102 Å². The summed E-state index contributed by atoms with van der Waals surface area (Å²) in [6, 6.07) is 31.3. The van der Waals surface area contributed by atoms with Crippen molar-refractivity contribution in [1.29, 1.82) is 0 Å². The molecule has 0 bridgehead atoms. The van der Waals surface area contributed by atoms with Crippen molar-refractivity contribution in [1.82, 2.24) is 4.57 Å². The van der Waals surface area contributed by atoms with Crippen LogP contribution >= 0.6 is 0 Å². The Morgan fingerprint density at radius 2 is 1.29 bits per heavy atom. The van der Waals surface area contributed by atoms with Crippen LogP contribution in [0.1, 0.15) is 5.56 Å². The SMILES string of the molecule is [C-]#[N+]c1c(-c2ccccc2)cc(-c2ccccc2)n(Cc2ccccc2)c1=O. The normalized spacial score (nSPS) is 10.4. The second kappa shape index (κ2) is 7.77. The van der Waals surface area contributed by atoms with Crippen molar-refractivity contribution < 1.29 is 0 Å². The average Bonchev–Trinajstić information content (AvgIpc) is 2.77. The van der Waals surface area contributed by atoms with Gasteiger partial charge in [-0.1, -0.05) is 91.0 Å². The van der Waals surface area contributed by atoms with Gasteiger partial charge in [0, 0.05) is 12.2 Å². The Morgan fingerprint density at radius 1 is 0.750 bits per heavy atom. The van der Waals surface area contributed by atoms with E-state index in [9.17, 15) is 4.79 Å². The molecule has 28 heavy (non-hydrogen) atoms. The number of hydrogen-bond acceptors (Lipinski definition) is 1. The monoisotopic (exact) mass is 362 g/mol. The Bertz CT molecular complexity index is 1190. The lowest BCUT2D eigenvalue weighted by atomic mass is 10.0. The Balaban J connectivity index is 2.00. The van der Waals surface area contributed by atoms with Crippen LogP contribution in [0.25, 0.3) is 27.2 Å². The number of pyridine rings is 1. The number of rotatable bonds is 4. The summed E-state index contributed by atoms with van der Waals surface area (Å²) in [7, 11) is 0. The molecular formula is C25H18N2O. The van der Waals surface area contributed by atoms with Crippen LogP contribution in [-0.2, 0) is 6.54 Å². The lowest BCUT2D eigenvalue weighted by Gasteiger charge is -2.17. The average molecular weight is 362 g/mol. The van der Waals surface area contributed by atoms with Gasteiger partial charge in [-0.3, -0.25) is 4.79 Å². The van der Waals surface area contributed by atoms with E-state index in [1.54, 1.807) is 4.57 Å². The van der Waals surface area contributed by atoms with E-state index in [1.165, 1.54) is 0 Å². The van der Waals surface area contributed by atoms with Crippen LogP contribution < -0.4 is 5.56 Å². The molecule has 0 saturated heterocycles. The Labute approximate surface area is 164 Å². The first-order valence-electron chi connectivity index (χ1n) is 9.08. The zero-order valence-corrected chi connectivity index (χ0v) is 15.2. The molecule has 3 nitrogen and oxygen atoms in total. The van der Waals surface area contributed by atoms with Crippen LogP contribution in [0, 0.1) is 6.57 Å². The number of nitrogens with zero attached hydrogens (tertiary/aromatic N) is 2. The molecule has 0 unspecified atom stereocenters. The van der Waals surface area contributed by atoms with E-state index in [0.717, 1.165) is 22.4 Å². The first kappa shape index (κ1) is 17.5. The highest BCUT2D eigenvalue weighted by molar-refractivity contribution is 5.81. The van der Waals surface area contributed by atoms with Gasteiger partial charge in [-0.2, -0.15) is 0 Å². The molecule has 0 fully saturated rings. The van der Waals surface area contributed by atoms with Gasteiger partial charge >= 0.3 is 0 Å². The highest BCUT2D eigenvalue weighted by Gasteiger charge is 2.17. The van der Waals surface area contributed by atoms with Gasteiger partial charge in [-0.05, 0) is 28.3 Å². The minimum atomic E-state index is -0.265. The van der Waals surface area contributed by atoms with Gasteiger partial charge in [0.05, 0.1) is 6.57 Å². The molecule has 3 heteroatoms. The lowest BCUT2D eigenvalue weighted by molar-refractivity contribution is 0.772. The third-order valence-electron chi connectivity index (χ3n) is 4.72. The van der Waals surface area contributed by atoms with Crippen LogP contribution in [0.4, 0.5) is 5.69 Å². The van der Waals surface area contributed by atoms with Gasteiger partial charge in [-0.25, -0.2) is 4.85 Å². The predicted octanol–water partition coefficient (Wildman–Crippen LogP) is 5.78. The third kappa shape index (κ3) is 3.36. The van der Waals surface area contributed by atoms with E-state index in [4.69, 9.17) is 6.57 Å². The van der Waals surface area contributed by atoms with Crippen LogP contribution in [0.2, 0.25) is 0 Å². The zero-order chi connectivity index (χ0) is 19.3. The fraction of sp³-hybridized carbons (Fsp3) is 0.0400. The summed E-state index contributed by atoms with van der Waals surface area (Å²) in [5.41, 5.74) is 4.20. The molecule has 1 aromatic heterocycles. The molecule has 0 spiro atoms. The maximum atomic E-state index is 13.3. The molecule has 0 N–H and O–H groups in total. The largest absolute Gasteiger partial charge is 0.313 e. The molecule has 0 radical (unpaired) electrons. The molecule has 0 aliphatic rings.